The largest absolute Gasteiger partial charge is 0.299 e. The molecule has 5 heteroatoms. The average molecular weight is 218 g/mol. The molecule has 0 fully saturated rings. The molecule has 2 aromatic rings. The van der Waals surface area contributed by atoms with Crippen molar-refractivity contribution in [2.24, 2.45) is 0 Å². The molecular weight excluding hydrogens is 204 g/mol. The highest BCUT2D eigenvalue weighted by atomic mass is 16.1. The molecule has 0 N–H and O–H groups in total. The van der Waals surface area contributed by atoms with Gasteiger partial charge in [0.15, 0.2) is 5.65 Å². The van der Waals surface area contributed by atoms with Crippen LogP contribution in [0.25, 0.3) is 5.65 Å². The molecule has 0 saturated heterocycles. The van der Waals surface area contributed by atoms with E-state index in [-0.39, 0.29) is 5.78 Å². The van der Waals surface area contributed by atoms with E-state index in [2.05, 4.69) is 15.2 Å². The van der Waals surface area contributed by atoms with E-state index in [1.807, 2.05) is 18.2 Å². The van der Waals surface area contributed by atoms with Crippen LogP contribution in [0.5, 0.6) is 0 Å². The molecule has 5 nitrogen and oxygen atoms in total. The molecule has 0 atom stereocenters. The zero-order chi connectivity index (χ0) is 11.5. The van der Waals surface area contributed by atoms with Crippen LogP contribution in [0.1, 0.15) is 31.3 Å². The minimum atomic E-state index is 0.198. The predicted molar refractivity (Wildman–Crippen MR) is 59.1 cm³/mol. The summed E-state index contributed by atoms with van der Waals surface area (Å²) in [4.78, 5) is 15.8. The van der Waals surface area contributed by atoms with Crippen LogP contribution >= 0.6 is 0 Å². The van der Waals surface area contributed by atoms with Gasteiger partial charge in [0.25, 0.3) is 0 Å². The summed E-state index contributed by atoms with van der Waals surface area (Å²) in [6.07, 6.45) is 5.29. The lowest BCUT2D eigenvalue weighted by Gasteiger charge is -2.01. The molecule has 0 spiro atoms. The Morgan fingerprint density at radius 1 is 1.44 bits per heavy atom. The number of Topliss-reactive ketones (excluding diaryl/α,β-unsaturated/α-hetero) is 1. The summed E-state index contributed by atoms with van der Waals surface area (Å²) >= 11 is 0. The van der Waals surface area contributed by atoms with Gasteiger partial charge in [-0.15, -0.1) is 10.2 Å². The van der Waals surface area contributed by atoms with Crippen molar-refractivity contribution in [1.82, 2.24) is 19.6 Å². The van der Waals surface area contributed by atoms with E-state index in [9.17, 15) is 4.79 Å². The molecule has 0 aromatic carbocycles. The SMILES string of the molecule is CCCC(=O)Cc1nccn2c(C)nnc12. The Morgan fingerprint density at radius 2 is 2.25 bits per heavy atom. The molecule has 16 heavy (non-hydrogen) atoms. The van der Waals surface area contributed by atoms with Crippen LogP contribution in [-0.4, -0.2) is 25.4 Å². The minimum Gasteiger partial charge on any atom is -0.299 e. The Balaban J connectivity index is 2.34. The molecule has 0 bridgehead atoms. The van der Waals surface area contributed by atoms with E-state index in [0.29, 0.717) is 24.2 Å². The first-order valence-corrected chi connectivity index (χ1v) is 5.39. The fourth-order valence-electron chi connectivity index (χ4n) is 1.67. The van der Waals surface area contributed by atoms with Crippen molar-refractivity contribution in [1.29, 1.82) is 0 Å². The third kappa shape index (κ3) is 1.93. The van der Waals surface area contributed by atoms with Gasteiger partial charge in [-0.1, -0.05) is 6.92 Å². The number of aryl methyl sites for hydroxylation is 1. The van der Waals surface area contributed by atoms with Crippen LogP contribution in [0.3, 0.4) is 0 Å². The van der Waals surface area contributed by atoms with Gasteiger partial charge in [-0.25, -0.2) is 0 Å². The van der Waals surface area contributed by atoms with Crippen LogP contribution < -0.4 is 0 Å². The number of rotatable bonds is 4. The lowest BCUT2D eigenvalue weighted by atomic mass is 10.1. The number of fused-ring (bicyclic) bond motifs is 1. The molecule has 2 rings (SSSR count). The summed E-state index contributed by atoms with van der Waals surface area (Å²) in [6.45, 7) is 3.87. The first kappa shape index (κ1) is 10.7. The first-order valence-electron chi connectivity index (χ1n) is 5.39. The van der Waals surface area contributed by atoms with Crippen molar-refractivity contribution >= 4 is 11.4 Å². The van der Waals surface area contributed by atoms with Crippen molar-refractivity contribution < 1.29 is 4.79 Å². The Labute approximate surface area is 93.5 Å². The van der Waals surface area contributed by atoms with E-state index < -0.39 is 0 Å². The molecular formula is C11H14N4O. The third-order valence-electron chi connectivity index (χ3n) is 2.46. The Morgan fingerprint density at radius 3 is 3.00 bits per heavy atom. The second kappa shape index (κ2) is 4.38. The zero-order valence-corrected chi connectivity index (χ0v) is 9.47. The highest BCUT2D eigenvalue weighted by molar-refractivity contribution is 5.81. The maximum atomic E-state index is 11.6. The number of hydrogen-bond donors (Lipinski definition) is 0. The van der Waals surface area contributed by atoms with Gasteiger partial charge in [-0.3, -0.25) is 14.2 Å². The molecule has 0 saturated carbocycles. The molecule has 0 aliphatic heterocycles. The van der Waals surface area contributed by atoms with E-state index in [1.165, 1.54) is 0 Å². The fraction of sp³-hybridized carbons (Fsp3) is 0.455. The van der Waals surface area contributed by atoms with Gasteiger partial charge in [0.1, 0.15) is 11.6 Å². The van der Waals surface area contributed by atoms with Crippen molar-refractivity contribution in [3.63, 3.8) is 0 Å². The van der Waals surface area contributed by atoms with Gasteiger partial charge in [0.05, 0.1) is 12.1 Å². The maximum absolute atomic E-state index is 11.6. The van der Waals surface area contributed by atoms with Gasteiger partial charge in [0.2, 0.25) is 0 Å². The third-order valence-corrected chi connectivity index (χ3v) is 2.46. The summed E-state index contributed by atoms with van der Waals surface area (Å²) in [5.41, 5.74) is 1.39. The number of ketones is 1. The fourth-order valence-corrected chi connectivity index (χ4v) is 1.67. The zero-order valence-electron chi connectivity index (χ0n) is 9.47. The topological polar surface area (TPSA) is 60.2 Å². The predicted octanol–water partition coefficient (Wildman–Crippen LogP) is 1.34. The van der Waals surface area contributed by atoms with Crippen molar-refractivity contribution in [3.8, 4) is 0 Å². The van der Waals surface area contributed by atoms with Crippen LogP contribution in [0.2, 0.25) is 0 Å². The Bertz CT molecular complexity index is 518. The van der Waals surface area contributed by atoms with Gasteiger partial charge >= 0.3 is 0 Å². The Hall–Kier alpha value is -1.78. The van der Waals surface area contributed by atoms with E-state index in [1.54, 1.807) is 12.4 Å². The maximum Gasteiger partial charge on any atom is 0.183 e. The first-order chi connectivity index (χ1) is 7.72. The quantitative estimate of drug-likeness (QED) is 0.777. The second-order valence-electron chi connectivity index (χ2n) is 3.78. The molecule has 2 heterocycles. The van der Waals surface area contributed by atoms with Crippen molar-refractivity contribution in [2.45, 2.75) is 33.1 Å². The smallest absolute Gasteiger partial charge is 0.183 e. The number of carbonyl (C=O) groups excluding carboxylic acids is 1. The molecule has 0 radical (unpaired) electrons. The Kier molecular flexibility index (Phi) is 2.94. The number of nitrogens with zero attached hydrogens (tertiary/aromatic N) is 4. The van der Waals surface area contributed by atoms with Crippen LogP contribution in [-0.2, 0) is 11.2 Å². The lowest BCUT2D eigenvalue weighted by molar-refractivity contribution is -0.118. The van der Waals surface area contributed by atoms with Crippen LogP contribution in [0.15, 0.2) is 12.4 Å². The number of carbonyl (C=O) groups is 1. The minimum absolute atomic E-state index is 0.198. The summed E-state index contributed by atoms with van der Waals surface area (Å²) in [5.74, 6) is 1.00. The molecule has 0 aliphatic rings. The molecule has 2 aromatic heterocycles. The van der Waals surface area contributed by atoms with Gasteiger partial charge in [-0.05, 0) is 13.3 Å². The second-order valence-corrected chi connectivity index (χ2v) is 3.78. The van der Waals surface area contributed by atoms with E-state index >= 15 is 0 Å². The van der Waals surface area contributed by atoms with Gasteiger partial charge in [-0.2, -0.15) is 0 Å². The highest BCUT2D eigenvalue weighted by Crippen LogP contribution is 2.08. The van der Waals surface area contributed by atoms with Gasteiger partial charge in [0, 0.05) is 18.8 Å². The molecule has 84 valence electrons. The van der Waals surface area contributed by atoms with E-state index in [0.717, 1.165) is 12.2 Å². The van der Waals surface area contributed by atoms with Crippen molar-refractivity contribution in [3.05, 3.63) is 23.9 Å². The summed E-state index contributed by atoms with van der Waals surface area (Å²) in [6, 6.07) is 0. The van der Waals surface area contributed by atoms with Crippen molar-refractivity contribution in [2.75, 3.05) is 0 Å². The average Bonchev–Trinajstić information content (AvgIpc) is 2.62. The monoisotopic (exact) mass is 218 g/mol. The number of aromatic nitrogens is 4. The molecule has 0 aliphatic carbocycles. The van der Waals surface area contributed by atoms with E-state index in [4.69, 9.17) is 0 Å². The van der Waals surface area contributed by atoms with Crippen LogP contribution in [0.4, 0.5) is 0 Å². The van der Waals surface area contributed by atoms with Crippen LogP contribution in [0, 0.1) is 6.92 Å². The molecule has 0 amide bonds. The summed E-state index contributed by atoms with van der Waals surface area (Å²) in [5, 5.41) is 8.00. The normalized spacial score (nSPS) is 10.9. The van der Waals surface area contributed by atoms with Gasteiger partial charge < -0.3 is 0 Å². The highest BCUT2D eigenvalue weighted by Gasteiger charge is 2.10. The summed E-state index contributed by atoms with van der Waals surface area (Å²) in [7, 11) is 0. The number of hydrogen-bond acceptors (Lipinski definition) is 4. The molecule has 0 unspecified atom stereocenters. The lowest BCUT2D eigenvalue weighted by Crippen LogP contribution is -2.06. The standard InChI is InChI=1S/C11H14N4O/c1-3-4-9(16)7-10-11-14-13-8(2)15(11)6-5-12-10/h5-6H,3-4,7H2,1-2H3. The summed E-state index contributed by atoms with van der Waals surface area (Å²) < 4.78 is 1.85.